The predicted molar refractivity (Wildman–Crippen MR) is 76.5 cm³/mol. The summed E-state index contributed by atoms with van der Waals surface area (Å²) in [5.41, 5.74) is -0.877. The molecule has 2 N–H and O–H groups in total. The number of nitrogens with zero attached hydrogens (tertiary/aromatic N) is 2. The Morgan fingerprint density at radius 2 is 2.44 bits per heavy atom. The van der Waals surface area contributed by atoms with Crippen LogP contribution in [0.15, 0.2) is 12.4 Å². The molecular formula is C12H18IN3O2. The van der Waals surface area contributed by atoms with Gasteiger partial charge in [-0.05, 0) is 55.7 Å². The van der Waals surface area contributed by atoms with E-state index in [0.29, 0.717) is 12.5 Å². The molecule has 0 aromatic carbocycles. The number of carboxylic acids is 1. The van der Waals surface area contributed by atoms with Crippen LogP contribution < -0.4 is 5.32 Å². The van der Waals surface area contributed by atoms with Crippen LogP contribution in [0, 0.1) is 3.57 Å². The maximum Gasteiger partial charge on any atom is 0.323 e. The van der Waals surface area contributed by atoms with E-state index in [0.717, 1.165) is 16.4 Å². The van der Waals surface area contributed by atoms with E-state index < -0.39 is 11.5 Å². The van der Waals surface area contributed by atoms with Gasteiger partial charge in [-0.2, -0.15) is 5.10 Å². The molecule has 6 heteroatoms. The molecule has 0 saturated heterocycles. The Bertz CT molecular complexity index is 444. The highest BCUT2D eigenvalue weighted by molar-refractivity contribution is 14.1. The van der Waals surface area contributed by atoms with Crippen molar-refractivity contribution in [2.45, 2.75) is 50.7 Å². The Hall–Kier alpha value is -0.630. The minimum atomic E-state index is -0.877. The summed E-state index contributed by atoms with van der Waals surface area (Å²) in [5, 5.41) is 16.9. The van der Waals surface area contributed by atoms with E-state index in [-0.39, 0.29) is 6.04 Å². The van der Waals surface area contributed by atoms with E-state index >= 15 is 0 Å². The van der Waals surface area contributed by atoms with Crippen molar-refractivity contribution in [1.29, 1.82) is 0 Å². The largest absolute Gasteiger partial charge is 0.480 e. The van der Waals surface area contributed by atoms with Gasteiger partial charge in [-0.25, -0.2) is 0 Å². The molecule has 1 heterocycles. The summed E-state index contributed by atoms with van der Waals surface area (Å²) in [6, 6.07) is 0.428. The van der Waals surface area contributed by atoms with Crippen LogP contribution in [0.4, 0.5) is 0 Å². The van der Waals surface area contributed by atoms with Crippen molar-refractivity contribution in [2.75, 3.05) is 0 Å². The highest BCUT2D eigenvalue weighted by Crippen LogP contribution is 2.27. The number of halogens is 1. The first kappa shape index (κ1) is 13.8. The van der Waals surface area contributed by atoms with Crippen LogP contribution in [-0.4, -0.2) is 32.4 Å². The third-order valence-corrected chi connectivity index (χ3v) is 3.85. The van der Waals surface area contributed by atoms with E-state index in [2.05, 4.69) is 33.0 Å². The maximum absolute atomic E-state index is 11.5. The number of nitrogens with one attached hydrogen (secondary N) is 1. The van der Waals surface area contributed by atoms with Crippen LogP contribution in [0.3, 0.4) is 0 Å². The molecule has 2 atom stereocenters. The molecule has 0 spiro atoms. The van der Waals surface area contributed by atoms with Crippen LogP contribution in [0.2, 0.25) is 0 Å². The van der Waals surface area contributed by atoms with Crippen molar-refractivity contribution in [3.8, 4) is 0 Å². The summed E-state index contributed by atoms with van der Waals surface area (Å²) in [6.45, 7) is 3.76. The highest BCUT2D eigenvalue weighted by Gasteiger charge is 2.39. The van der Waals surface area contributed by atoms with Crippen molar-refractivity contribution >= 4 is 28.6 Å². The first-order chi connectivity index (χ1) is 8.40. The highest BCUT2D eigenvalue weighted by atomic mass is 127. The van der Waals surface area contributed by atoms with Gasteiger partial charge in [0.2, 0.25) is 0 Å². The summed E-state index contributed by atoms with van der Waals surface area (Å²) >= 11 is 2.20. The number of carboxylic acid groups (broad SMARTS) is 1. The smallest absolute Gasteiger partial charge is 0.323 e. The Kier molecular flexibility index (Phi) is 3.96. The zero-order valence-corrected chi connectivity index (χ0v) is 12.7. The zero-order valence-electron chi connectivity index (χ0n) is 10.6. The number of aliphatic carboxylic acids is 1. The van der Waals surface area contributed by atoms with E-state index in [9.17, 15) is 9.90 Å². The van der Waals surface area contributed by atoms with Crippen LogP contribution in [0.1, 0.15) is 39.2 Å². The lowest BCUT2D eigenvalue weighted by molar-refractivity contribution is -0.145. The molecule has 0 aliphatic heterocycles. The normalized spacial score (nSPS) is 20.4. The van der Waals surface area contributed by atoms with Gasteiger partial charge in [-0.15, -0.1) is 0 Å². The molecular weight excluding hydrogens is 345 g/mol. The van der Waals surface area contributed by atoms with Crippen LogP contribution in [0.25, 0.3) is 0 Å². The number of carbonyl (C=O) groups is 1. The lowest BCUT2D eigenvalue weighted by atomic mass is 9.93. The quantitative estimate of drug-likeness (QED) is 0.760. The van der Waals surface area contributed by atoms with Crippen molar-refractivity contribution < 1.29 is 9.90 Å². The third kappa shape index (κ3) is 3.23. The van der Waals surface area contributed by atoms with Crippen molar-refractivity contribution in [3.63, 3.8) is 0 Å². The molecule has 0 radical (unpaired) electrons. The third-order valence-electron chi connectivity index (χ3n) is 3.30. The van der Waals surface area contributed by atoms with Gasteiger partial charge < -0.3 is 5.11 Å². The zero-order chi connectivity index (χ0) is 13.3. The fourth-order valence-corrected chi connectivity index (χ4v) is 2.54. The molecule has 0 amide bonds. The van der Waals surface area contributed by atoms with Gasteiger partial charge in [0.15, 0.2) is 0 Å². The van der Waals surface area contributed by atoms with Crippen LogP contribution in [-0.2, 0) is 4.79 Å². The van der Waals surface area contributed by atoms with Crippen molar-refractivity contribution in [3.05, 3.63) is 16.0 Å². The van der Waals surface area contributed by atoms with Gasteiger partial charge >= 0.3 is 5.97 Å². The van der Waals surface area contributed by atoms with E-state index in [4.69, 9.17) is 0 Å². The van der Waals surface area contributed by atoms with Gasteiger partial charge in [0, 0.05) is 12.2 Å². The first-order valence-corrected chi connectivity index (χ1v) is 7.19. The second kappa shape index (κ2) is 5.16. The van der Waals surface area contributed by atoms with E-state index in [1.807, 2.05) is 17.8 Å². The number of hydrogen-bond donors (Lipinski definition) is 2. The molecule has 1 fully saturated rings. The molecule has 1 aliphatic carbocycles. The Morgan fingerprint density at radius 1 is 1.78 bits per heavy atom. The van der Waals surface area contributed by atoms with E-state index in [1.165, 1.54) is 0 Å². The predicted octanol–water partition coefficient (Wildman–Crippen LogP) is 2.03. The van der Waals surface area contributed by atoms with Gasteiger partial charge in [0.05, 0.1) is 15.8 Å². The van der Waals surface area contributed by atoms with Gasteiger partial charge in [-0.3, -0.25) is 14.8 Å². The summed E-state index contributed by atoms with van der Waals surface area (Å²) in [6.07, 6.45) is 6.40. The average Bonchev–Trinajstić information content (AvgIpc) is 2.97. The molecule has 5 nitrogen and oxygen atoms in total. The molecule has 1 aromatic heterocycles. The summed E-state index contributed by atoms with van der Waals surface area (Å²) < 4.78 is 2.89. The summed E-state index contributed by atoms with van der Waals surface area (Å²) in [4.78, 5) is 11.5. The van der Waals surface area contributed by atoms with Crippen molar-refractivity contribution in [1.82, 2.24) is 15.1 Å². The molecule has 1 saturated carbocycles. The molecule has 1 aromatic rings. The average molecular weight is 363 g/mol. The summed E-state index contributed by atoms with van der Waals surface area (Å²) in [7, 11) is 0. The molecule has 18 heavy (non-hydrogen) atoms. The second-order valence-electron chi connectivity index (χ2n) is 5.25. The minimum Gasteiger partial charge on any atom is -0.480 e. The Morgan fingerprint density at radius 3 is 2.89 bits per heavy atom. The number of hydrogen-bond acceptors (Lipinski definition) is 3. The monoisotopic (exact) mass is 363 g/mol. The Balaban J connectivity index is 2.05. The molecule has 0 bridgehead atoms. The molecule has 2 rings (SSSR count). The van der Waals surface area contributed by atoms with E-state index in [1.54, 1.807) is 13.1 Å². The second-order valence-corrected chi connectivity index (χ2v) is 6.49. The first-order valence-electron chi connectivity index (χ1n) is 6.11. The minimum absolute atomic E-state index is 0.0564. The van der Waals surface area contributed by atoms with Gasteiger partial charge in [0.1, 0.15) is 5.54 Å². The molecule has 100 valence electrons. The standard InChI is InChI=1S/C12H18IN3O2/c1-8(16-7-9(13)6-14-16)5-12(2,11(17)18)15-10-3-4-10/h6-8,10,15H,3-5H2,1-2H3,(H,17,18). The Labute approximate surface area is 120 Å². The van der Waals surface area contributed by atoms with Crippen LogP contribution >= 0.6 is 22.6 Å². The fourth-order valence-electron chi connectivity index (χ4n) is 2.13. The lowest BCUT2D eigenvalue weighted by Gasteiger charge is -2.29. The molecule has 2 unspecified atom stereocenters. The number of aromatic nitrogens is 2. The van der Waals surface area contributed by atoms with Crippen molar-refractivity contribution in [2.24, 2.45) is 0 Å². The lowest BCUT2D eigenvalue weighted by Crippen LogP contribution is -2.51. The maximum atomic E-state index is 11.5. The summed E-state index contributed by atoms with van der Waals surface area (Å²) in [5.74, 6) is -0.789. The SMILES string of the molecule is CC(CC(C)(NC1CC1)C(=O)O)n1cc(I)cn1. The van der Waals surface area contributed by atoms with Gasteiger partial charge in [-0.1, -0.05) is 0 Å². The fraction of sp³-hybridized carbons (Fsp3) is 0.667. The molecule has 1 aliphatic rings. The topological polar surface area (TPSA) is 67.2 Å². The number of rotatable bonds is 6. The van der Waals surface area contributed by atoms with Gasteiger partial charge in [0.25, 0.3) is 0 Å². The van der Waals surface area contributed by atoms with Crippen LogP contribution in [0.5, 0.6) is 0 Å².